The van der Waals surface area contributed by atoms with E-state index in [2.05, 4.69) is 10.6 Å². The number of nitrogens with two attached hydrogens (primary N) is 1. The molecule has 0 saturated carbocycles. The molecule has 0 radical (unpaired) electrons. The number of primary amides is 1. The molecule has 1 atom stereocenters. The van der Waals surface area contributed by atoms with E-state index in [0.717, 1.165) is 0 Å². The number of halogens is 2. The Bertz CT molecular complexity index is 582. The second-order valence-electron chi connectivity index (χ2n) is 4.07. The predicted octanol–water partition coefficient (Wildman–Crippen LogP) is 1.76. The summed E-state index contributed by atoms with van der Waals surface area (Å²) in [5.74, 6) is -1.19. The van der Waals surface area contributed by atoms with Gasteiger partial charge in [-0.2, -0.15) is 0 Å². The SMILES string of the molecule is CC1=C(C(N)=O)[C@H](c2c(F)cccc2Cl)NC(=S)N1. The van der Waals surface area contributed by atoms with E-state index >= 15 is 0 Å². The Balaban J connectivity index is 2.62. The van der Waals surface area contributed by atoms with Crippen molar-refractivity contribution in [2.24, 2.45) is 5.73 Å². The first-order valence-corrected chi connectivity index (χ1v) is 6.22. The first-order chi connectivity index (χ1) is 8.91. The van der Waals surface area contributed by atoms with Gasteiger partial charge in [0.1, 0.15) is 5.82 Å². The molecule has 1 aromatic rings. The smallest absolute Gasteiger partial charge is 0.248 e. The molecule has 1 aromatic carbocycles. The van der Waals surface area contributed by atoms with Crippen molar-refractivity contribution in [3.8, 4) is 0 Å². The fourth-order valence-corrected chi connectivity index (χ4v) is 2.57. The molecule has 1 amide bonds. The van der Waals surface area contributed by atoms with Gasteiger partial charge in [-0.1, -0.05) is 17.7 Å². The molecule has 0 bridgehead atoms. The maximum absolute atomic E-state index is 14.0. The van der Waals surface area contributed by atoms with Gasteiger partial charge in [0.15, 0.2) is 5.11 Å². The number of allylic oxidation sites excluding steroid dienone is 1. The van der Waals surface area contributed by atoms with Crippen molar-refractivity contribution in [1.82, 2.24) is 10.6 Å². The number of amides is 1. The molecule has 1 heterocycles. The lowest BCUT2D eigenvalue weighted by Gasteiger charge is -2.30. The quantitative estimate of drug-likeness (QED) is 0.728. The van der Waals surface area contributed by atoms with Gasteiger partial charge in [-0.15, -0.1) is 0 Å². The average Bonchev–Trinajstić information content (AvgIpc) is 2.26. The zero-order chi connectivity index (χ0) is 14.2. The third-order valence-corrected chi connectivity index (χ3v) is 3.37. The van der Waals surface area contributed by atoms with E-state index in [0.29, 0.717) is 5.70 Å². The van der Waals surface area contributed by atoms with E-state index in [1.54, 1.807) is 13.0 Å². The van der Waals surface area contributed by atoms with Crippen LogP contribution in [-0.4, -0.2) is 11.0 Å². The van der Waals surface area contributed by atoms with Crippen LogP contribution in [-0.2, 0) is 4.79 Å². The molecule has 0 saturated heterocycles. The van der Waals surface area contributed by atoms with Crippen LogP contribution in [0.15, 0.2) is 29.5 Å². The highest BCUT2D eigenvalue weighted by molar-refractivity contribution is 7.80. The summed E-state index contributed by atoms with van der Waals surface area (Å²) >= 11 is 11.0. The molecule has 7 heteroatoms. The van der Waals surface area contributed by atoms with Crippen LogP contribution >= 0.6 is 23.8 Å². The van der Waals surface area contributed by atoms with Gasteiger partial charge in [0.25, 0.3) is 0 Å². The van der Waals surface area contributed by atoms with E-state index < -0.39 is 17.8 Å². The maximum atomic E-state index is 14.0. The molecule has 4 N–H and O–H groups in total. The Hall–Kier alpha value is -1.66. The number of hydrogen-bond acceptors (Lipinski definition) is 2. The predicted molar refractivity (Wildman–Crippen MR) is 74.9 cm³/mol. The standard InChI is InChI=1S/C12H11ClFN3OS/c1-5-8(11(15)18)10(17-12(19)16-5)9-6(13)3-2-4-7(9)14/h2-4,10H,1H3,(H2,15,18)(H2,16,17,19)/t10-/m1/s1. The Morgan fingerprint density at radius 1 is 1.53 bits per heavy atom. The Morgan fingerprint density at radius 3 is 2.79 bits per heavy atom. The average molecular weight is 300 g/mol. The number of hydrogen-bond donors (Lipinski definition) is 3. The molecule has 0 unspecified atom stereocenters. The summed E-state index contributed by atoms with van der Waals surface area (Å²) in [6, 6.07) is 3.50. The summed E-state index contributed by atoms with van der Waals surface area (Å²) < 4.78 is 14.0. The zero-order valence-corrected chi connectivity index (χ0v) is 11.5. The normalized spacial score (nSPS) is 18.9. The summed E-state index contributed by atoms with van der Waals surface area (Å²) in [6.45, 7) is 1.65. The van der Waals surface area contributed by atoms with Crippen LogP contribution in [0.2, 0.25) is 5.02 Å². The lowest BCUT2D eigenvalue weighted by Crippen LogP contribution is -2.46. The number of benzene rings is 1. The van der Waals surface area contributed by atoms with E-state index in [-0.39, 0.29) is 21.3 Å². The highest BCUT2D eigenvalue weighted by atomic mass is 35.5. The van der Waals surface area contributed by atoms with Crippen LogP contribution in [0.1, 0.15) is 18.5 Å². The van der Waals surface area contributed by atoms with Crippen LogP contribution in [0.4, 0.5) is 4.39 Å². The summed E-state index contributed by atoms with van der Waals surface area (Å²) in [7, 11) is 0. The van der Waals surface area contributed by atoms with Crippen LogP contribution in [0.3, 0.4) is 0 Å². The summed E-state index contributed by atoms with van der Waals surface area (Å²) in [6.07, 6.45) is 0. The molecule has 19 heavy (non-hydrogen) atoms. The number of carbonyl (C=O) groups excluding carboxylic acids is 1. The number of nitrogens with one attached hydrogen (secondary N) is 2. The van der Waals surface area contributed by atoms with E-state index in [1.807, 2.05) is 0 Å². The first-order valence-electron chi connectivity index (χ1n) is 5.43. The summed E-state index contributed by atoms with van der Waals surface area (Å²) in [5, 5.41) is 6.08. The minimum Gasteiger partial charge on any atom is -0.366 e. The largest absolute Gasteiger partial charge is 0.366 e. The van der Waals surface area contributed by atoms with Crippen molar-refractivity contribution < 1.29 is 9.18 Å². The second kappa shape index (κ2) is 5.14. The molecule has 1 aliphatic rings. The van der Waals surface area contributed by atoms with Crippen molar-refractivity contribution in [2.45, 2.75) is 13.0 Å². The molecule has 100 valence electrons. The van der Waals surface area contributed by atoms with Gasteiger partial charge in [0.05, 0.1) is 11.6 Å². The van der Waals surface area contributed by atoms with E-state index in [1.165, 1.54) is 12.1 Å². The zero-order valence-electron chi connectivity index (χ0n) is 9.96. The van der Waals surface area contributed by atoms with Gasteiger partial charge in [-0.05, 0) is 31.3 Å². The highest BCUT2D eigenvalue weighted by Crippen LogP contribution is 2.33. The molecular weight excluding hydrogens is 289 g/mol. The van der Waals surface area contributed by atoms with Gasteiger partial charge in [0.2, 0.25) is 5.91 Å². The van der Waals surface area contributed by atoms with Crippen LogP contribution in [0, 0.1) is 5.82 Å². The Kier molecular flexibility index (Phi) is 3.73. The van der Waals surface area contributed by atoms with Crippen LogP contribution in [0.5, 0.6) is 0 Å². The number of rotatable bonds is 2. The molecule has 0 aliphatic carbocycles. The fraction of sp³-hybridized carbons (Fsp3) is 0.167. The molecule has 0 spiro atoms. The van der Waals surface area contributed by atoms with Crippen LogP contribution in [0.25, 0.3) is 0 Å². The summed E-state index contributed by atoms with van der Waals surface area (Å²) in [5.41, 5.74) is 6.19. The van der Waals surface area contributed by atoms with Gasteiger partial charge in [0, 0.05) is 16.3 Å². The van der Waals surface area contributed by atoms with Crippen LogP contribution < -0.4 is 16.4 Å². The number of thiocarbonyl (C=S) groups is 1. The summed E-state index contributed by atoms with van der Waals surface area (Å²) in [4.78, 5) is 11.6. The minimum atomic E-state index is -0.792. The molecule has 2 rings (SSSR count). The first kappa shape index (κ1) is 13.8. The third kappa shape index (κ3) is 2.54. The van der Waals surface area contributed by atoms with Crippen molar-refractivity contribution in [2.75, 3.05) is 0 Å². The lowest BCUT2D eigenvalue weighted by atomic mass is 9.95. The van der Waals surface area contributed by atoms with Gasteiger partial charge in [-0.25, -0.2) is 4.39 Å². The minimum absolute atomic E-state index is 0.154. The molecule has 4 nitrogen and oxygen atoms in total. The monoisotopic (exact) mass is 299 g/mol. The lowest BCUT2D eigenvalue weighted by molar-refractivity contribution is -0.115. The fourth-order valence-electron chi connectivity index (χ4n) is 2.02. The van der Waals surface area contributed by atoms with E-state index in [4.69, 9.17) is 29.6 Å². The number of carbonyl (C=O) groups is 1. The Morgan fingerprint density at radius 2 is 2.21 bits per heavy atom. The molecule has 1 aliphatic heterocycles. The van der Waals surface area contributed by atoms with Crippen molar-refractivity contribution in [1.29, 1.82) is 0 Å². The van der Waals surface area contributed by atoms with Crippen molar-refractivity contribution in [3.05, 3.63) is 45.9 Å². The second-order valence-corrected chi connectivity index (χ2v) is 4.89. The van der Waals surface area contributed by atoms with Gasteiger partial charge < -0.3 is 16.4 Å². The molecular formula is C12H11ClFN3OS. The Labute approximate surface area is 119 Å². The topological polar surface area (TPSA) is 67.2 Å². The molecule has 0 fully saturated rings. The van der Waals surface area contributed by atoms with Crippen molar-refractivity contribution in [3.63, 3.8) is 0 Å². The van der Waals surface area contributed by atoms with E-state index in [9.17, 15) is 9.18 Å². The van der Waals surface area contributed by atoms with Gasteiger partial charge >= 0.3 is 0 Å². The highest BCUT2D eigenvalue weighted by Gasteiger charge is 2.31. The van der Waals surface area contributed by atoms with Gasteiger partial charge in [-0.3, -0.25) is 4.79 Å². The maximum Gasteiger partial charge on any atom is 0.248 e. The van der Waals surface area contributed by atoms with Crippen molar-refractivity contribution >= 4 is 34.8 Å². The third-order valence-electron chi connectivity index (χ3n) is 2.82. The molecule has 0 aromatic heterocycles.